The molecule has 4 nitrogen and oxygen atoms in total. The van der Waals surface area contributed by atoms with Crippen molar-refractivity contribution in [1.29, 1.82) is 0 Å². The number of rotatable bonds is 2. The number of carbonyl (C=O) groups is 1. The molecule has 15 heavy (non-hydrogen) atoms. The van der Waals surface area contributed by atoms with Gasteiger partial charge in [0.15, 0.2) is 0 Å². The van der Waals surface area contributed by atoms with E-state index < -0.39 is 29.4 Å². The lowest BCUT2D eigenvalue weighted by atomic mass is 10.2. The smallest absolute Gasteiger partial charge is 0.573 e. The van der Waals surface area contributed by atoms with Crippen molar-refractivity contribution >= 4 is 5.97 Å². The number of ether oxygens (including phenoxy) is 1. The molecule has 0 radical (unpaired) electrons. The van der Waals surface area contributed by atoms with Crippen molar-refractivity contribution in [1.82, 2.24) is 0 Å². The first-order valence-electron chi connectivity index (χ1n) is 3.60. The second kappa shape index (κ2) is 3.68. The lowest BCUT2D eigenvalue weighted by Crippen LogP contribution is -2.18. The number of aromatic carboxylic acids is 1. The average Bonchev–Trinajstić information content (AvgIpc) is 2.05. The number of carboxylic acids is 1. The predicted molar refractivity (Wildman–Crippen MR) is 39.5 cm³/mol. The minimum absolute atomic E-state index is 0.394. The van der Waals surface area contributed by atoms with E-state index in [0.717, 1.165) is 6.07 Å². The summed E-state index contributed by atoms with van der Waals surface area (Å²) in [4.78, 5) is 10.3. The minimum atomic E-state index is -4.97. The molecule has 0 aliphatic heterocycles. The second-order valence-corrected chi connectivity index (χ2v) is 2.51. The largest absolute Gasteiger partial charge is 0.870 e. The standard InChI is InChI=1S/C8H5F3O4/c9-8(10,11)15-6-2-1-4(7(13)14)3-5(6)12/h1-3,12H,(H,13,14)/p-1. The van der Waals surface area contributed by atoms with Crippen LogP contribution in [0.1, 0.15) is 10.4 Å². The molecule has 0 unspecified atom stereocenters. The fourth-order valence-corrected chi connectivity index (χ4v) is 0.850. The van der Waals surface area contributed by atoms with E-state index >= 15 is 0 Å². The van der Waals surface area contributed by atoms with Crippen LogP contribution in [0.4, 0.5) is 13.2 Å². The van der Waals surface area contributed by atoms with Crippen LogP contribution in [-0.4, -0.2) is 17.4 Å². The average molecular weight is 221 g/mol. The maximum Gasteiger partial charge on any atom is 0.573 e. The van der Waals surface area contributed by atoms with Gasteiger partial charge in [-0.1, -0.05) is 11.8 Å². The van der Waals surface area contributed by atoms with E-state index in [0.29, 0.717) is 12.1 Å². The van der Waals surface area contributed by atoms with Crippen LogP contribution in [0.25, 0.3) is 0 Å². The van der Waals surface area contributed by atoms with Gasteiger partial charge in [0.1, 0.15) is 5.75 Å². The number of alkyl halides is 3. The molecule has 0 atom stereocenters. The summed E-state index contributed by atoms with van der Waals surface area (Å²) in [5.41, 5.74) is -0.394. The maximum absolute atomic E-state index is 11.7. The third-order valence-corrected chi connectivity index (χ3v) is 1.42. The number of halogens is 3. The van der Waals surface area contributed by atoms with E-state index in [9.17, 15) is 23.1 Å². The molecule has 7 heteroatoms. The number of hydrogen-bond donors (Lipinski definition) is 1. The minimum Gasteiger partial charge on any atom is -0.870 e. The number of carboxylic acid groups (broad SMARTS) is 1. The van der Waals surface area contributed by atoms with Crippen molar-refractivity contribution in [3.63, 3.8) is 0 Å². The van der Waals surface area contributed by atoms with Gasteiger partial charge in [0, 0.05) is 0 Å². The normalized spacial score (nSPS) is 11.1. The van der Waals surface area contributed by atoms with Crippen LogP contribution in [0.5, 0.6) is 11.5 Å². The van der Waals surface area contributed by atoms with Gasteiger partial charge in [-0.15, -0.1) is 13.2 Å². The molecule has 0 aliphatic rings. The zero-order valence-corrected chi connectivity index (χ0v) is 7.04. The molecule has 0 bridgehead atoms. The summed E-state index contributed by atoms with van der Waals surface area (Å²) in [6.07, 6.45) is -4.97. The summed E-state index contributed by atoms with van der Waals surface area (Å²) in [5.74, 6) is -3.48. The highest BCUT2D eigenvalue weighted by Crippen LogP contribution is 2.29. The highest BCUT2D eigenvalue weighted by molar-refractivity contribution is 5.88. The topological polar surface area (TPSA) is 69.6 Å². The van der Waals surface area contributed by atoms with Crippen molar-refractivity contribution in [2.75, 3.05) is 0 Å². The lowest BCUT2D eigenvalue weighted by Gasteiger charge is -2.16. The molecule has 0 heterocycles. The molecule has 0 saturated carbocycles. The van der Waals surface area contributed by atoms with Crippen molar-refractivity contribution < 1.29 is 32.9 Å². The van der Waals surface area contributed by atoms with Gasteiger partial charge in [-0.3, -0.25) is 0 Å². The Morgan fingerprint density at radius 1 is 1.40 bits per heavy atom. The Balaban J connectivity index is 2.99. The van der Waals surface area contributed by atoms with Gasteiger partial charge in [-0.2, -0.15) is 0 Å². The summed E-state index contributed by atoms with van der Waals surface area (Å²) in [6, 6.07) is 2.08. The SMILES string of the molecule is O=C(O)c1ccc(OC(F)(F)F)c([O-])c1. The van der Waals surface area contributed by atoms with Crippen LogP contribution in [0.3, 0.4) is 0 Å². The maximum atomic E-state index is 11.7. The second-order valence-electron chi connectivity index (χ2n) is 2.51. The van der Waals surface area contributed by atoms with Crippen LogP contribution < -0.4 is 9.84 Å². The molecule has 0 saturated heterocycles. The van der Waals surface area contributed by atoms with Crippen molar-refractivity contribution in [3.05, 3.63) is 23.8 Å². The van der Waals surface area contributed by atoms with E-state index in [4.69, 9.17) is 5.11 Å². The van der Waals surface area contributed by atoms with Gasteiger partial charge in [0.2, 0.25) is 0 Å². The summed E-state index contributed by atoms with van der Waals surface area (Å²) in [5, 5.41) is 19.4. The molecule has 1 aromatic rings. The molecular weight excluding hydrogens is 217 g/mol. The molecule has 0 aromatic heterocycles. The lowest BCUT2D eigenvalue weighted by molar-refractivity contribution is -0.296. The summed E-state index contributed by atoms with van der Waals surface area (Å²) >= 11 is 0. The summed E-state index contributed by atoms with van der Waals surface area (Å²) in [6.45, 7) is 0. The summed E-state index contributed by atoms with van der Waals surface area (Å²) in [7, 11) is 0. The fraction of sp³-hybridized carbons (Fsp3) is 0.125. The number of hydrogen-bond acceptors (Lipinski definition) is 3. The van der Waals surface area contributed by atoms with Gasteiger partial charge in [-0.25, -0.2) is 4.79 Å². The Labute approximate surface area is 81.5 Å². The van der Waals surface area contributed by atoms with Gasteiger partial charge < -0.3 is 14.9 Å². The van der Waals surface area contributed by atoms with E-state index in [1.807, 2.05) is 0 Å². The quantitative estimate of drug-likeness (QED) is 0.818. The predicted octanol–water partition coefficient (Wildman–Crippen LogP) is 1.36. The van der Waals surface area contributed by atoms with Gasteiger partial charge in [0.25, 0.3) is 0 Å². The summed E-state index contributed by atoms with van der Waals surface area (Å²) < 4.78 is 38.5. The monoisotopic (exact) mass is 221 g/mol. The first-order valence-corrected chi connectivity index (χ1v) is 3.60. The molecule has 1 rings (SSSR count). The molecule has 1 N–H and O–H groups in total. The van der Waals surface area contributed by atoms with Gasteiger partial charge in [-0.05, 0) is 12.1 Å². The zero-order valence-electron chi connectivity index (χ0n) is 7.04. The fourth-order valence-electron chi connectivity index (χ4n) is 0.850. The van der Waals surface area contributed by atoms with Gasteiger partial charge >= 0.3 is 12.3 Å². The molecular formula is C8H4F3O4-. The Hall–Kier alpha value is -1.92. The van der Waals surface area contributed by atoms with Crippen LogP contribution >= 0.6 is 0 Å². The third kappa shape index (κ3) is 3.04. The van der Waals surface area contributed by atoms with E-state index in [1.165, 1.54) is 0 Å². The van der Waals surface area contributed by atoms with Crippen LogP contribution in [0, 0.1) is 0 Å². The van der Waals surface area contributed by atoms with Crippen molar-refractivity contribution in [2.45, 2.75) is 6.36 Å². The molecule has 0 fully saturated rings. The molecule has 0 spiro atoms. The van der Waals surface area contributed by atoms with E-state index in [-0.39, 0.29) is 0 Å². The van der Waals surface area contributed by atoms with Crippen molar-refractivity contribution in [3.8, 4) is 11.5 Å². The van der Waals surface area contributed by atoms with Crippen LogP contribution in [-0.2, 0) is 0 Å². The Morgan fingerprint density at radius 3 is 2.40 bits per heavy atom. The zero-order chi connectivity index (χ0) is 11.6. The molecule has 82 valence electrons. The molecule has 0 aliphatic carbocycles. The highest BCUT2D eigenvalue weighted by Gasteiger charge is 2.31. The van der Waals surface area contributed by atoms with E-state index in [1.54, 1.807) is 0 Å². The molecule has 0 amide bonds. The third-order valence-electron chi connectivity index (χ3n) is 1.42. The number of benzene rings is 1. The van der Waals surface area contributed by atoms with Crippen molar-refractivity contribution in [2.24, 2.45) is 0 Å². The Kier molecular flexibility index (Phi) is 2.74. The van der Waals surface area contributed by atoms with E-state index in [2.05, 4.69) is 4.74 Å². The highest BCUT2D eigenvalue weighted by atomic mass is 19.4. The Bertz CT molecular complexity index is 386. The Morgan fingerprint density at radius 2 is 2.00 bits per heavy atom. The van der Waals surface area contributed by atoms with Gasteiger partial charge in [0.05, 0.1) is 5.56 Å². The first-order chi connectivity index (χ1) is 6.79. The first kappa shape index (κ1) is 11.2. The van der Waals surface area contributed by atoms with Crippen LogP contribution in [0.15, 0.2) is 18.2 Å². The van der Waals surface area contributed by atoms with Crippen LogP contribution in [0.2, 0.25) is 0 Å². The molecule has 1 aromatic carbocycles.